The molecule has 6 aromatic rings. The van der Waals surface area contributed by atoms with Crippen LogP contribution in [-0.2, 0) is 0 Å². The van der Waals surface area contributed by atoms with Crippen LogP contribution < -0.4 is 4.90 Å². The molecule has 5 aromatic carbocycles. The fourth-order valence-corrected chi connectivity index (χ4v) is 6.60. The Morgan fingerprint density at radius 1 is 0.611 bits per heavy atom. The van der Waals surface area contributed by atoms with E-state index in [1.54, 1.807) is 0 Å². The third kappa shape index (κ3) is 3.54. The molecule has 172 valence electrons. The average Bonchev–Trinajstić information content (AvgIpc) is 3.33. The van der Waals surface area contributed by atoms with Gasteiger partial charge in [-0.05, 0) is 59.7 Å². The first-order valence-electron chi connectivity index (χ1n) is 12.5. The Kier molecular flexibility index (Phi) is 5.18. The first-order chi connectivity index (χ1) is 17.9. The van der Waals surface area contributed by atoms with E-state index >= 15 is 0 Å². The van der Waals surface area contributed by atoms with E-state index in [4.69, 9.17) is 0 Å². The van der Waals surface area contributed by atoms with Crippen LogP contribution in [0.15, 0.2) is 133 Å². The molecule has 0 unspecified atom stereocenters. The minimum atomic E-state index is 1.07. The van der Waals surface area contributed by atoms with Crippen molar-refractivity contribution in [3.8, 4) is 11.1 Å². The molecule has 2 heteroatoms. The van der Waals surface area contributed by atoms with Gasteiger partial charge in [-0.3, -0.25) is 0 Å². The van der Waals surface area contributed by atoms with Crippen molar-refractivity contribution in [2.45, 2.75) is 12.8 Å². The monoisotopic (exact) mass is 479 g/mol. The van der Waals surface area contributed by atoms with Crippen LogP contribution in [0.3, 0.4) is 0 Å². The van der Waals surface area contributed by atoms with E-state index in [1.807, 2.05) is 11.3 Å². The Morgan fingerprint density at radius 2 is 1.36 bits per heavy atom. The number of rotatable bonds is 4. The largest absolute Gasteiger partial charge is 0.310 e. The van der Waals surface area contributed by atoms with E-state index in [9.17, 15) is 0 Å². The lowest BCUT2D eigenvalue weighted by atomic mass is 10.0. The molecule has 0 atom stereocenters. The molecule has 0 saturated heterocycles. The Labute approximate surface area is 215 Å². The summed E-state index contributed by atoms with van der Waals surface area (Å²) in [5.74, 6) is 0. The molecule has 0 saturated carbocycles. The van der Waals surface area contributed by atoms with E-state index in [0.29, 0.717) is 0 Å². The Balaban J connectivity index is 1.36. The predicted molar refractivity (Wildman–Crippen MR) is 157 cm³/mol. The quantitative estimate of drug-likeness (QED) is 0.243. The summed E-state index contributed by atoms with van der Waals surface area (Å²) >= 11 is 1.89. The number of thiophene rings is 1. The summed E-state index contributed by atoms with van der Waals surface area (Å²) in [5, 5.41) is 5.20. The number of fused-ring (bicyclic) bond motifs is 4. The first-order valence-corrected chi connectivity index (χ1v) is 13.3. The highest BCUT2D eigenvalue weighted by atomic mass is 32.1. The topological polar surface area (TPSA) is 3.24 Å². The molecule has 0 aliphatic heterocycles. The molecule has 1 aliphatic carbocycles. The summed E-state index contributed by atoms with van der Waals surface area (Å²) in [6, 6.07) is 39.7. The third-order valence-corrected chi connectivity index (χ3v) is 8.30. The van der Waals surface area contributed by atoms with E-state index in [0.717, 1.165) is 12.8 Å². The Hall–Kier alpha value is -4.14. The lowest BCUT2D eigenvalue weighted by Gasteiger charge is -2.29. The van der Waals surface area contributed by atoms with Crippen LogP contribution in [0.25, 0.3) is 42.1 Å². The number of hydrogen-bond acceptors (Lipinski definition) is 2. The Morgan fingerprint density at radius 3 is 2.22 bits per heavy atom. The maximum atomic E-state index is 2.40. The lowest BCUT2D eigenvalue weighted by Crippen LogP contribution is -2.16. The number of allylic oxidation sites excluding steroid dienone is 3. The van der Waals surface area contributed by atoms with Gasteiger partial charge in [0.05, 0.1) is 5.69 Å². The molecule has 36 heavy (non-hydrogen) atoms. The minimum Gasteiger partial charge on any atom is -0.310 e. The standard InChI is InChI=1S/C34H25NS/c1-2-12-26(13-3-1)35(32-18-8-11-24-10-4-5-14-28(24)32)27-22-20-25(21-23-27)29-16-9-17-31-30-15-6-7-19-33(30)36-34(29)31/h2,4-23H,1,3H2. The van der Waals surface area contributed by atoms with Crippen molar-refractivity contribution >= 4 is 53.7 Å². The lowest BCUT2D eigenvalue weighted by molar-refractivity contribution is 0.998. The van der Waals surface area contributed by atoms with Gasteiger partial charge in [0.15, 0.2) is 0 Å². The molecule has 0 spiro atoms. The van der Waals surface area contributed by atoms with Crippen LogP contribution >= 0.6 is 11.3 Å². The highest BCUT2D eigenvalue weighted by molar-refractivity contribution is 7.26. The van der Waals surface area contributed by atoms with Crippen molar-refractivity contribution in [2.75, 3.05) is 4.90 Å². The normalized spacial score (nSPS) is 13.4. The molecule has 0 N–H and O–H groups in total. The van der Waals surface area contributed by atoms with Gasteiger partial charge in [-0.1, -0.05) is 97.1 Å². The second-order valence-corrected chi connectivity index (χ2v) is 10.3. The van der Waals surface area contributed by atoms with Gasteiger partial charge in [0.1, 0.15) is 0 Å². The number of hydrogen-bond donors (Lipinski definition) is 0. The second kappa shape index (κ2) is 8.82. The molecule has 0 radical (unpaired) electrons. The van der Waals surface area contributed by atoms with Crippen molar-refractivity contribution in [1.29, 1.82) is 0 Å². The summed E-state index contributed by atoms with van der Waals surface area (Å²) in [4.78, 5) is 2.40. The van der Waals surface area contributed by atoms with E-state index in [-0.39, 0.29) is 0 Å². The van der Waals surface area contributed by atoms with Gasteiger partial charge < -0.3 is 4.90 Å². The predicted octanol–water partition coefficient (Wildman–Crippen LogP) is 10.2. The summed E-state index contributed by atoms with van der Waals surface area (Å²) < 4.78 is 2.70. The Bertz CT molecular complexity index is 1780. The zero-order chi connectivity index (χ0) is 23.9. The fourth-order valence-electron chi connectivity index (χ4n) is 5.36. The number of anilines is 2. The smallest absolute Gasteiger partial charge is 0.0539 e. The van der Waals surface area contributed by atoms with Crippen LogP contribution in [0.1, 0.15) is 12.8 Å². The summed E-state index contributed by atoms with van der Waals surface area (Å²) in [5.41, 5.74) is 6.18. The molecule has 1 heterocycles. The van der Waals surface area contributed by atoms with Crippen LogP contribution in [0.4, 0.5) is 11.4 Å². The minimum absolute atomic E-state index is 1.07. The molecule has 7 rings (SSSR count). The van der Waals surface area contributed by atoms with E-state index in [2.05, 4.69) is 132 Å². The summed E-state index contributed by atoms with van der Waals surface area (Å²) in [7, 11) is 0. The molecule has 1 aromatic heterocycles. The molecule has 0 fully saturated rings. The van der Waals surface area contributed by atoms with Gasteiger partial charge >= 0.3 is 0 Å². The zero-order valence-electron chi connectivity index (χ0n) is 19.9. The maximum absolute atomic E-state index is 2.40. The van der Waals surface area contributed by atoms with Crippen molar-refractivity contribution in [1.82, 2.24) is 0 Å². The van der Waals surface area contributed by atoms with Crippen molar-refractivity contribution in [3.05, 3.63) is 133 Å². The van der Waals surface area contributed by atoms with Gasteiger partial charge in [0.2, 0.25) is 0 Å². The van der Waals surface area contributed by atoms with Crippen molar-refractivity contribution in [3.63, 3.8) is 0 Å². The number of benzene rings is 5. The maximum Gasteiger partial charge on any atom is 0.0539 e. The molecule has 1 aliphatic rings. The zero-order valence-corrected chi connectivity index (χ0v) is 20.7. The molecule has 0 bridgehead atoms. The summed E-state index contributed by atoms with van der Waals surface area (Å²) in [6.07, 6.45) is 9.07. The van der Waals surface area contributed by atoms with Crippen LogP contribution in [0.2, 0.25) is 0 Å². The number of nitrogens with zero attached hydrogens (tertiary/aromatic N) is 1. The second-order valence-electron chi connectivity index (χ2n) is 9.27. The van der Waals surface area contributed by atoms with Crippen LogP contribution in [0, 0.1) is 0 Å². The first kappa shape index (κ1) is 21.2. The summed E-state index contributed by atoms with van der Waals surface area (Å²) in [6.45, 7) is 0. The van der Waals surface area contributed by atoms with Crippen LogP contribution in [0.5, 0.6) is 0 Å². The highest BCUT2D eigenvalue weighted by Gasteiger charge is 2.17. The molecular formula is C34H25NS. The van der Waals surface area contributed by atoms with Gasteiger partial charge in [0, 0.05) is 36.9 Å². The molecule has 0 amide bonds. The van der Waals surface area contributed by atoms with E-state index < -0.39 is 0 Å². The van der Waals surface area contributed by atoms with Crippen LogP contribution in [-0.4, -0.2) is 0 Å². The van der Waals surface area contributed by atoms with Crippen molar-refractivity contribution < 1.29 is 0 Å². The van der Waals surface area contributed by atoms with Gasteiger partial charge in [-0.2, -0.15) is 0 Å². The van der Waals surface area contributed by atoms with E-state index in [1.165, 1.54) is 59.1 Å². The molecule has 1 nitrogen and oxygen atoms in total. The third-order valence-electron chi connectivity index (χ3n) is 7.08. The SMILES string of the molecule is C1=CC(N(c2ccc(-c3cccc4c3sc3ccccc34)cc2)c2cccc3ccccc23)=CCC1. The van der Waals surface area contributed by atoms with Gasteiger partial charge in [-0.25, -0.2) is 0 Å². The van der Waals surface area contributed by atoms with Gasteiger partial charge in [0.25, 0.3) is 0 Å². The average molecular weight is 480 g/mol. The van der Waals surface area contributed by atoms with Crippen molar-refractivity contribution in [2.24, 2.45) is 0 Å². The van der Waals surface area contributed by atoms with Gasteiger partial charge in [-0.15, -0.1) is 11.3 Å². The molecular weight excluding hydrogens is 454 g/mol. The highest BCUT2D eigenvalue weighted by Crippen LogP contribution is 2.41. The fraction of sp³-hybridized carbons (Fsp3) is 0.0588.